The largest absolute Gasteiger partial charge is 0.480 e. The van der Waals surface area contributed by atoms with E-state index >= 15 is 0 Å². The number of carboxylic acid groups (broad SMARTS) is 1. The van der Waals surface area contributed by atoms with Crippen LogP contribution in [0.1, 0.15) is 12.0 Å². The molecule has 0 saturated carbocycles. The van der Waals surface area contributed by atoms with Crippen LogP contribution in [0.5, 0.6) is 0 Å². The van der Waals surface area contributed by atoms with E-state index in [1.54, 1.807) is 6.07 Å². The van der Waals surface area contributed by atoms with Gasteiger partial charge in [-0.3, -0.25) is 0 Å². The molecule has 1 aliphatic heterocycles. The van der Waals surface area contributed by atoms with Crippen LogP contribution >= 0.6 is 0 Å². The highest BCUT2D eigenvalue weighted by atomic mass is 16.5. The molecule has 1 aromatic rings. The number of amides is 2. The molecule has 7 nitrogen and oxygen atoms in total. The van der Waals surface area contributed by atoms with Crippen molar-refractivity contribution in [2.45, 2.75) is 25.1 Å². The van der Waals surface area contributed by atoms with Crippen molar-refractivity contribution < 1.29 is 23.8 Å². The van der Waals surface area contributed by atoms with E-state index in [0.717, 1.165) is 5.56 Å². The van der Waals surface area contributed by atoms with E-state index in [1.807, 2.05) is 0 Å². The van der Waals surface area contributed by atoms with Gasteiger partial charge < -0.3 is 24.5 Å². The maximum absolute atomic E-state index is 12.0. The van der Waals surface area contributed by atoms with Gasteiger partial charge in [-0.2, -0.15) is 0 Å². The number of furan rings is 1. The Balaban J connectivity index is 1.94. The third-order valence-electron chi connectivity index (χ3n) is 3.17. The minimum Gasteiger partial charge on any atom is -0.480 e. The van der Waals surface area contributed by atoms with Gasteiger partial charge in [0.05, 0.1) is 18.6 Å². The molecular formula is C12H16N2O5. The number of carbonyl (C=O) groups excluding carboxylic acids is 1. The van der Waals surface area contributed by atoms with Crippen LogP contribution in [-0.4, -0.2) is 47.8 Å². The zero-order valence-corrected chi connectivity index (χ0v) is 10.5. The fourth-order valence-electron chi connectivity index (χ4n) is 2.10. The predicted molar refractivity (Wildman–Crippen MR) is 64.5 cm³/mol. The minimum atomic E-state index is -1.02. The number of aliphatic carboxylic acids is 1. The summed E-state index contributed by atoms with van der Waals surface area (Å²) in [5.74, 6) is -1.02. The number of likely N-dealkylation sites (tertiary alicyclic amines) is 1. The lowest BCUT2D eigenvalue weighted by atomic mass is 10.2. The molecule has 2 N–H and O–H groups in total. The van der Waals surface area contributed by atoms with Crippen molar-refractivity contribution in [3.05, 3.63) is 24.2 Å². The van der Waals surface area contributed by atoms with Crippen LogP contribution in [0.15, 0.2) is 23.0 Å². The van der Waals surface area contributed by atoms with E-state index < -0.39 is 18.0 Å². The number of hydrogen-bond acceptors (Lipinski definition) is 4. The molecule has 0 bridgehead atoms. The summed E-state index contributed by atoms with van der Waals surface area (Å²) in [4.78, 5) is 24.4. The first-order valence-electron chi connectivity index (χ1n) is 5.93. The molecule has 0 aromatic carbocycles. The zero-order chi connectivity index (χ0) is 13.8. The van der Waals surface area contributed by atoms with Crippen LogP contribution < -0.4 is 5.32 Å². The normalized spacial score (nSPS) is 22.5. The van der Waals surface area contributed by atoms with Crippen molar-refractivity contribution in [3.63, 3.8) is 0 Å². The maximum atomic E-state index is 12.0. The third-order valence-corrected chi connectivity index (χ3v) is 3.17. The Hall–Kier alpha value is -2.02. The topological polar surface area (TPSA) is 92.0 Å². The fourth-order valence-corrected chi connectivity index (χ4v) is 2.10. The van der Waals surface area contributed by atoms with Crippen LogP contribution in [0.4, 0.5) is 4.79 Å². The molecule has 1 aromatic heterocycles. The van der Waals surface area contributed by atoms with E-state index in [2.05, 4.69) is 5.32 Å². The number of carbonyl (C=O) groups is 2. The maximum Gasteiger partial charge on any atom is 0.326 e. The van der Waals surface area contributed by atoms with Crippen molar-refractivity contribution in [2.24, 2.45) is 0 Å². The molecule has 19 heavy (non-hydrogen) atoms. The van der Waals surface area contributed by atoms with Crippen molar-refractivity contribution in [2.75, 3.05) is 13.7 Å². The summed E-state index contributed by atoms with van der Waals surface area (Å²) in [5.41, 5.74) is 0.822. The van der Waals surface area contributed by atoms with Crippen molar-refractivity contribution in [1.29, 1.82) is 0 Å². The van der Waals surface area contributed by atoms with Gasteiger partial charge in [0, 0.05) is 32.2 Å². The van der Waals surface area contributed by atoms with E-state index in [9.17, 15) is 9.59 Å². The van der Waals surface area contributed by atoms with Crippen molar-refractivity contribution in [1.82, 2.24) is 10.2 Å². The standard InChI is InChI=1S/C12H16N2O5/c1-18-9-4-10(11(15)16)14(6-9)12(17)13-5-8-2-3-19-7-8/h2-3,7,9-10H,4-6H2,1H3,(H,13,17)(H,15,16). The highest BCUT2D eigenvalue weighted by Crippen LogP contribution is 2.20. The molecule has 2 heterocycles. The van der Waals surface area contributed by atoms with Gasteiger partial charge in [-0.05, 0) is 6.07 Å². The third kappa shape index (κ3) is 3.05. The molecule has 2 atom stereocenters. The summed E-state index contributed by atoms with van der Waals surface area (Å²) < 4.78 is 10.0. The van der Waals surface area contributed by atoms with Crippen molar-refractivity contribution in [3.8, 4) is 0 Å². The van der Waals surface area contributed by atoms with Crippen LogP contribution in [0.2, 0.25) is 0 Å². The lowest BCUT2D eigenvalue weighted by Crippen LogP contribution is -2.45. The van der Waals surface area contributed by atoms with Gasteiger partial charge in [-0.15, -0.1) is 0 Å². The van der Waals surface area contributed by atoms with Gasteiger partial charge in [-0.1, -0.05) is 0 Å². The van der Waals surface area contributed by atoms with E-state index in [0.29, 0.717) is 13.0 Å². The minimum absolute atomic E-state index is 0.235. The summed E-state index contributed by atoms with van der Waals surface area (Å²) in [7, 11) is 1.51. The lowest BCUT2D eigenvalue weighted by Gasteiger charge is -2.21. The molecule has 1 saturated heterocycles. The smallest absolute Gasteiger partial charge is 0.326 e. The van der Waals surface area contributed by atoms with Gasteiger partial charge in [0.2, 0.25) is 0 Å². The average molecular weight is 268 g/mol. The number of nitrogens with one attached hydrogen (secondary N) is 1. The number of methoxy groups -OCH3 is 1. The molecule has 1 aliphatic rings. The van der Waals surface area contributed by atoms with Gasteiger partial charge >= 0.3 is 12.0 Å². The highest BCUT2D eigenvalue weighted by Gasteiger charge is 2.39. The molecular weight excluding hydrogens is 252 g/mol. The Labute approximate surface area is 110 Å². The van der Waals surface area contributed by atoms with Gasteiger partial charge in [-0.25, -0.2) is 9.59 Å². The molecule has 7 heteroatoms. The number of ether oxygens (including phenoxy) is 1. The fraction of sp³-hybridized carbons (Fsp3) is 0.500. The number of carboxylic acids is 1. The Bertz CT molecular complexity index is 445. The van der Waals surface area contributed by atoms with Crippen LogP contribution in [-0.2, 0) is 16.1 Å². The summed E-state index contributed by atoms with van der Waals surface area (Å²) in [6.07, 6.45) is 3.11. The highest BCUT2D eigenvalue weighted by molar-refractivity contribution is 5.83. The molecule has 0 spiro atoms. The summed E-state index contributed by atoms with van der Waals surface area (Å²) in [6, 6.07) is 0.485. The Morgan fingerprint density at radius 2 is 2.42 bits per heavy atom. The molecule has 0 aliphatic carbocycles. The van der Waals surface area contributed by atoms with E-state index in [4.69, 9.17) is 14.3 Å². The predicted octanol–water partition coefficient (Wildman–Crippen LogP) is 0.663. The first kappa shape index (κ1) is 13.4. The monoisotopic (exact) mass is 268 g/mol. The van der Waals surface area contributed by atoms with Crippen molar-refractivity contribution >= 4 is 12.0 Å². The van der Waals surface area contributed by atoms with Gasteiger partial charge in [0.15, 0.2) is 0 Å². The molecule has 0 radical (unpaired) electrons. The van der Waals surface area contributed by atoms with Gasteiger partial charge in [0.1, 0.15) is 6.04 Å². The Morgan fingerprint density at radius 3 is 3.00 bits per heavy atom. The van der Waals surface area contributed by atoms with Crippen LogP contribution in [0.25, 0.3) is 0 Å². The number of nitrogens with zero attached hydrogens (tertiary/aromatic N) is 1. The first-order valence-corrected chi connectivity index (χ1v) is 5.93. The number of hydrogen-bond donors (Lipinski definition) is 2. The second-order valence-corrected chi connectivity index (χ2v) is 4.39. The Kier molecular flexibility index (Phi) is 4.06. The SMILES string of the molecule is COC1CC(C(=O)O)N(C(=O)NCc2ccoc2)C1. The second-order valence-electron chi connectivity index (χ2n) is 4.39. The number of rotatable bonds is 4. The van der Waals surface area contributed by atoms with Crippen LogP contribution in [0, 0.1) is 0 Å². The Morgan fingerprint density at radius 1 is 1.63 bits per heavy atom. The molecule has 2 amide bonds. The van der Waals surface area contributed by atoms with E-state index in [1.165, 1.54) is 24.5 Å². The molecule has 104 valence electrons. The van der Waals surface area contributed by atoms with Crippen LogP contribution in [0.3, 0.4) is 0 Å². The number of urea groups is 1. The quantitative estimate of drug-likeness (QED) is 0.837. The zero-order valence-electron chi connectivity index (χ0n) is 10.5. The first-order chi connectivity index (χ1) is 9.11. The lowest BCUT2D eigenvalue weighted by molar-refractivity contribution is -0.141. The molecule has 2 rings (SSSR count). The average Bonchev–Trinajstić information content (AvgIpc) is 3.04. The summed E-state index contributed by atoms with van der Waals surface area (Å²) in [5, 5.41) is 11.8. The second kappa shape index (κ2) is 5.75. The molecule has 1 fully saturated rings. The summed E-state index contributed by atoms with van der Waals surface area (Å²) >= 11 is 0. The van der Waals surface area contributed by atoms with Gasteiger partial charge in [0.25, 0.3) is 0 Å². The molecule has 2 unspecified atom stereocenters. The van der Waals surface area contributed by atoms with E-state index in [-0.39, 0.29) is 12.6 Å². The summed E-state index contributed by atoms with van der Waals surface area (Å²) in [6.45, 7) is 0.584.